The van der Waals surface area contributed by atoms with Gasteiger partial charge in [0.25, 0.3) is 0 Å². The highest BCUT2D eigenvalue weighted by molar-refractivity contribution is 5.92. The third-order valence-corrected chi connectivity index (χ3v) is 4.87. The van der Waals surface area contributed by atoms with Gasteiger partial charge in [-0.15, -0.1) is 10.2 Å². The van der Waals surface area contributed by atoms with Crippen molar-refractivity contribution in [3.05, 3.63) is 46.8 Å². The van der Waals surface area contributed by atoms with Gasteiger partial charge in [0.15, 0.2) is 5.82 Å². The van der Waals surface area contributed by atoms with Crippen molar-refractivity contribution in [2.75, 3.05) is 13.1 Å². The number of aromatic nitrogens is 4. The summed E-state index contributed by atoms with van der Waals surface area (Å²) in [6, 6.07) is 2.98. The minimum atomic E-state index is -4.51. The number of alkyl halides is 3. The van der Waals surface area contributed by atoms with Crippen LogP contribution in [0, 0.1) is 6.92 Å². The SMILES string of the molecule is Cc1nnn(Cc2cc(C(F)(F)F)ccc2C=CC(=O)N2CCC(NC(=O)[O-])CC2)n1. The first-order valence-electron chi connectivity index (χ1n) is 9.51. The molecule has 0 radical (unpaired) electrons. The standard InChI is InChI=1S/C19H21F3N6O3/c1-12-24-26-28(25-12)11-14-10-15(19(20,21)22)4-2-13(14)3-5-17(29)27-8-6-16(7-9-27)23-18(30)31/h2-5,10,16,23H,6-9,11H2,1H3,(H,30,31)/p-1. The number of benzene rings is 1. The van der Waals surface area contributed by atoms with Gasteiger partial charge in [-0.05, 0) is 54.3 Å². The fourth-order valence-electron chi connectivity index (χ4n) is 3.30. The van der Waals surface area contributed by atoms with Gasteiger partial charge in [-0.3, -0.25) is 4.79 Å². The summed E-state index contributed by atoms with van der Waals surface area (Å²) in [5.74, 6) is 0.0725. The minimum absolute atomic E-state index is 0.0427. The number of amides is 2. The van der Waals surface area contributed by atoms with E-state index >= 15 is 0 Å². The summed E-state index contributed by atoms with van der Waals surface area (Å²) in [4.78, 5) is 25.8. The predicted octanol–water partition coefficient (Wildman–Crippen LogP) is 0.986. The minimum Gasteiger partial charge on any atom is -0.530 e. The van der Waals surface area contributed by atoms with E-state index in [-0.39, 0.29) is 24.1 Å². The third kappa shape index (κ3) is 6.03. The molecule has 2 amide bonds. The van der Waals surface area contributed by atoms with Gasteiger partial charge in [0.05, 0.1) is 12.1 Å². The Morgan fingerprint density at radius 1 is 1.29 bits per heavy atom. The number of aryl methyl sites for hydroxylation is 1. The van der Waals surface area contributed by atoms with E-state index in [1.807, 2.05) is 0 Å². The Labute approximate surface area is 175 Å². The maximum absolute atomic E-state index is 13.1. The Balaban J connectivity index is 1.74. The third-order valence-electron chi connectivity index (χ3n) is 4.87. The number of rotatable bonds is 5. The first-order chi connectivity index (χ1) is 14.6. The maximum atomic E-state index is 13.1. The van der Waals surface area contributed by atoms with Crippen molar-refractivity contribution in [2.45, 2.75) is 38.5 Å². The molecule has 1 aromatic heterocycles. The van der Waals surface area contributed by atoms with Crippen molar-refractivity contribution in [1.82, 2.24) is 30.4 Å². The molecule has 0 saturated carbocycles. The lowest BCUT2D eigenvalue weighted by Crippen LogP contribution is -2.49. The Hall–Kier alpha value is -3.44. The van der Waals surface area contributed by atoms with Crippen molar-refractivity contribution >= 4 is 18.1 Å². The van der Waals surface area contributed by atoms with Crippen molar-refractivity contribution in [2.24, 2.45) is 0 Å². The normalized spacial score (nSPS) is 15.4. The number of nitrogens with zero attached hydrogens (tertiary/aromatic N) is 5. The van der Waals surface area contributed by atoms with Gasteiger partial charge in [0.2, 0.25) is 5.91 Å². The van der Waals surface area contributed by atoms with Crippen LogP contribution in [-0.4, -0.2) is 56.2 Å². The van der Waals surface area contributed by atoms with Crippen LogP contribution in [0.3, 0.4) is 0 Å². The van der Waals surface area contributed by atoms with Gasteiger partial charge in [-0.2, -0.15) is 18.0 Å². The van der Waals surface area contributed by atoms with Gasteiger partial charge in [0, 0.05) is 25.2 Å². The molecule has 166 valence electrons. The number of tetrazole rings is 1. The molecule has 1 aliphatic rings. The summed E-state index contributed by atoms with van der Waals surface area (Å²) >= 11 is 0. The van der Waals surface area contributed by atoms with Crippen LogP contribution in [0.1, 0.15) is 35.4 Å². The van der Waals surface area contributed by atoms with Crippen molar-refractivity contribution in [1.29, 1.82) is 0 Å². The molecule has 1 fully saturated rings. The molecule has 2 aromatic rings. The molecule has 3 rings (SSSR count). The van der Waals surface area contributed by atoms with Crippen LogP contribution >= 0.6 is 0 Å². The van der Waals surface area contributed by atoms with Crippen molar-refractivity contribution < 1.29 is 27.9 Å². The summed E-state index contributed by atoms with van der Waals surface area (Å²) in [5, 5.41) is 24.4. The van der Waals surface area contributed by atoms with Gasteiger partial charge in [0.1, 0.15) is 6.09 Å². The first-order valence-corrected chi connectivity index (χ1v) is 9.51. The van der Waals surface area contributed by atoms with Crippen LogP contribution in [0.4, 0.5) is 18.0 Å². The van der Waals surface area contributed by atoms with Gasteiger partial charge < -0.3 is 20.1 Å². The molecular weight excluding hydrogens is 417 g/mol. The van der Waals surface area contributed by atoms with E-state index in [0.29, 0.717) is 37.3 Å². The number of carbonyl (C=O) groups is 2. The van der Waals surface area contributed by atoms with Gasteiger partial charge >= 0.3 is 6.18 Å². The zero-order valence-corrected chi connectivity index (χ0v) is 16.6. The van der Waals surface area contributed by atoms with Gasteiger partial charge in [-0.25, -0.2) is 0 Å². The Bertz CT molecular complexity index is 981. The molecule has 31 heavy (non-hydrogen) atoms. The summed E-state index contributed by atoms with van der Waals surface area (Å²) in [7, 11) is 0. The van der Waals surface area contributed by atoms with E-state index < -0.39 is 17.8 Å². The Morgan fingerprint density at radius 2 is 2.00 bits per heavy atom. The highest BCUT2D eigenvalue weighted by Crippen LogP contribution is 2.31. The van der Waals surface area contributed by atoms with Crippen LogP contribution in [-0.2, 0) is 17.5 Å². The van der Waals surface area contributed by atoms with Crippen LogP contribution < -0.4 is 10.4 Å². The zero-order valence-electron chi connectivity index (χ0n) is 16.6. The molecule has 1 aromatic carbocycles. The highest BCUT2D eigenvalue weighted by atomic mass is 19.4. The molecule has 1 N–H and O–H groups in total. The maximum Gasteiger partial charge on any atom is 0.416 e. The molecule has 0 bridgehead atoms. The number of carboxylic acid groups (broad SMARTS) is 1. The zero-order chi connectivity index (χ0) is 22.6. The number of hydrogen-bond donors (Lipinski definition) is 1. The van der Waals surface area contributed by atoms with Crippen LogP contribution in [0.2, 0.25) is 0 Å². The van der Waals surface area contributed by atoms with E-state index in [4.69, 9.17) is 0 Å². The lowest BCUT2D eigenvalue weighted by atomic mass is 10.0. The molecule has 12 heteroatoms. The summed E-state index contributed by atoms with van der Waals surface area (Å²) < 4.78 is 39.4. The van der Waals surface area contributed by atoms with Gasteiger partial charge in [-0.1, -0.05) is 6.07 Å². The van der Waals surface area contributed by atoms with Crippen molar-refractivity contribution in [3.63, 3.8) is 0 Å². The second-order valence-corrected chi connectivity index (χ2v) is 7.14. The number of piperidine rings is 1. The van der Waals surface area contributed by atoms with E-state index in [0.717, 1.165) is 12.1 Å². The largest absolute Gasteiger partial charge is 0.530 e. The lowest BCUT2D eigenvalue weighted by molar-refractivity contribution is -0.251. The van der Waals surface area contributed by atoms with Crippen LogP contribution in [0.5, 0.6) is 0 Å². The smallest absolute Gasteiger partial charge is 0.416 e. The summed E-state index contributed by atoms with van der Waals surface area (Å²) in [6.07, 6.45) is -2.21. The molecule has 0 unspecified atom stereocenters. The van der Waals surface area contributed by atoms with E-state index in [1.54, 1.807) is 11.8 Å². The van der Waals surface area contributed by atoms with E-state index in [9.17, 15) is 27.9 Å². The average Bonchev–Trinajstić information content (AvgIpc) is 3.10. The topological polar surface area (TPSA) is 116 Å². The van der Waals surface area contributed by atoms with E-state index in [2.05, 4.69) is 20.7 Å². The average molecular weight is 437 g/mol. The first kappa shape index (κ1) is 22.2. The van der Waals surface area contributed by atoms with Crippen LogP contribution in [0.25, 0.3) is 6.08 Å². The fraction of sp³-hybridized carbons (Fsp3) is 0.421. The number of carbonyl (C=O) groups excluding carboxylic acids is 2. The molecular formula is C19H20F3N6O3-. The Morgan fingerprint density at radius 3 is 2.58 bits per heavy atom. The number of nitrogens with one attached hydrogen (secondary N) is 1. The molecule has 2 heterocycles. The van der Waals surface area contributed by atoms with E-state index in [1.165, 1.54) is 23.0 Å². The van der Waals surface area contributed by atoms with Crippen LogP contribution in [0.15, 0.2) is 24.3 Å². The predicted molar refractivity (Wildman–Crippen MR) is 100 cm³/mol. The van der Waals surface area contributed by atoms with Crippen molar-refractivity contribution in [3.8, 4) is 0 Å². The highest BCUT2D eigenvalue weighted by Gasteiger charge is 2.31. The molecule has 9 nitrogen and oxygen atoms in total. The molecule has 0 atom stereocenters. The second kappa shape index (κ2) is 9.14. The summed E-state index contributed by atoms with van der Waals surface area (Å²) in [5.41, 5.74) is -0.108. The number of hydrogen-bond acceptors (Lipinski definition) is 6. The quantitative estimate of drug-likeness (QED) is 0.698. The lowest BCUT2D eigenvalue weighted by Gasteiger charge is -2.32. The molecule has 1 aliphatic heterocycles. The second-order valence-electron chi connectivity index (χ2n) is 7.14. The molecule has 0 spiro atoms. The Kier molecular flexibility index (Phi) is 6.56. The molecule has 1 saturated heterocycles. The summed E-state index contributed by atoms with van der Waals surface area (Å²) in [6.45, 7) is 2.28. The monoisotopic (exact) mass is 437 g/mol. The molecule has 0 aliphatic carbocycles. The number of halogens is 3. The number of likely N-dealkylation sites (tertiary alicyclic amines) is 1. The fourth-order valence-corrected chi connectivity index (χ4v) is 3.30.